The monoisotopic (exact) mass is 295 g/mol. The van der Waals surface area contributed by atoms with Crippen molar-refractivity contribution in [2.45, 2.75) is 25.3 Å². The molecule has 20 heavy (non-hydrogen) atoms. The Morgan fingerprint density at radius 1 is 1.40 bits per heavy atom. The number of aromatic nitrogens is 3. The van der Waals surface area contributed by atoms with Gasteiger partial charge in [0.2, 0.25) is 10.0 Å². The molecular weight excluding hydrogens is 278 g/mol. The Bertz CT molecular complexity index is 681. The van der Waals surface area contributed by atoms with Crippen molar-refractivity contribution in [3.63, 3.8) is 0 Å². The summed E-state index contributed by atoms with van der Waals surface area (Å²) < 4.78 is 27.2. The lowest BCUT2D eigenvalue weighted by Gasteiger charge is -2.10. The molecule has 0 bridgehead atoms. The summed E-state index contributed by atoms with van der Waals surface area (Å²) in [5.74, 6) is 0.353. The highest BCUT2D eigenvalue weighted by Gasteiger charge is 2.19. The molecule has 0 aliphatic carbocycles. The molecule has 0 aromatic carbocycles. The minimum atomic E-state index is -3.62. The van der Waals surface area contributed by atoms with Crippen LogP contribution in [0.1, 0.15) is 18.2 Å². The predicted molar refractivity (Wildman–Crippen MR) is 75.8 cm³/mol. The molecule has 0 aliphatic rings. The molecule has 0 saturated carbocycles. The fraction of sp³-hybridized carbons (Fsp3) is 0.333. The van der Waals surface area contributed by atoms with Gasteiger partial charge in [-0.05, 0) is 26.0 Å². The van der Waals surface area contributed by atoms with Crippen molar-refractivity contribution in [1.82, 2.24) is 19.9 Å². The van der Waals surface area contributed by atoms with E-state index in [1.807, 2.05) is 13.8 Å². The normalized spacial score (nSPS) is 11.5. The zero-order chi connectivity index (χ0) is 14.6. The zero-order valence-electron chi connectivity index (χ0n) is 11.3. The molecule has 0 amide bonds. The van der Waals surface area contributed by atoms with Crippen molar-refractivity contribution in [3.05, 3.63) is 35.8 Å². The van der Waals surface area contributed by atoms with Gasteiger partial charge in [0.25, 0.3) is 0 Å². The van der Waals surface area contributed by atoms with E-state index in [0.717, 1.165) is 11.3 Å². The number of anilines is 1. The van der Waals surface area contributed by atoms with E-state index in [4.69, 9.17) is 0 Å². The van der Waals surface area contributed by atoms with E-state index < -0.39 is 10.0 Å². The first-order chi connectivity index (χ1) is 9.54. The lowest BCUT2D eigenvalue weighted by molar-refractivity contribution is 0.581. The lowest BCUT2D eigenvalue weighted by atomic mass is 10.3. The molecule has 2 heterocycles. The standard InChI is InChI=1S/C12H17N5O2S/c1-3-13-12-11(5-4-6-14-12)20(18,19)16-8-10-7-15-17-9(10)2/h4-7,16H,3,8H2,1-2H3,(H,13,14)(H,15,17). The molecular formula is C12H17N5O2S. The van der Waals surface area contributed by atoms with Crippen LogP contribution in [0.2, 0.25) is 0 Å². The molecule has 0 saturated heterocycles. The molecule has 8 heteroatoms. The van der Waals surface area contributed by atoms with Gasteiger partial charge < -0.3 is 5.32 Å². The topological polar surface area (TPSA) is 99.8 Å². The summed E-state index contributed by atoms with van der Waals surface area (Å²) in [6, 6.07) is 3.12. The number of nitrogens with one attached hydrogen (secondary N) is 3. The first-order valence-electron chi connectivity index (χ1n) is 6.22. The van der Waals surface area contributed by atoms with Crippen LogP contribution in [0.15, 0.2) is 29.4 Å². The van der Waals surface area contributed by atoms with E-state index in [9.17, 15) is 8.42 Å². The Balaban J connectivity index is 2.20. The minimum absolute atomic E-state index is 0.142. The van der Waals surface area contributed by atoms with Gasteiger partial charge >= 0.3 is 0 Å². The van der Waals surface area contributed by atoms with Crippen LogP contribution in [0.25, 0.3) is 0 Å². The zero-order valence-corrected chi connectivity index (χ0v) is 12.2. The highest BCUT2D eigenvalue weighted by atomic mass is 32.2. The van der Waals surface area contributed by atoms with Gasteiger partial charge in [-0.1, -0.05) is 0 Å². The molecule has 0 aliphatic heterocycles. The second kappa shape index (κ2) is 6.02. The maximum absolute atomic E-state index is 12.3. The molecule has 3 N–H and O–H groups in total. The quantitative estimate of drug-likeness (QED) is 0.739. The summed E-state index contributed by atoms with van der Waals surface area (Å²) in [5.41, 5.74) is 1.65. The number of rotatable bonds is 6. The van der Waals surface area contributed by atoms with Gasteiger partial charge in [-0.25, -0.2) is 18.1 Å². The second-order valence-corrected chi connectivity index (χ2v) is 5.96. The average molecular weight is 295 g/mol. The third-order valence-corrected chi connectivity index (χ3v) is 4.22. The van der Waals surface area contributed by atoms with Crippen LogP contribution in [0.3, 0.4) is 0 Å². The van der Waals surface area contributed by atoms with Crippen LogP contribution in [0.4, 0.5) is 5.82 Å². The maximum Gasteiger partial charge on any atom is 0.244 e. The Kier molecular flexibility index (Phi) is 4.35. The lowest BCUT2D eigenvalue weighted by Crippen LogP contribution is -2.24. The number of aromatic amines is 1. The Labute approximate surface area is 117 Å². The highest BCUT2D eigenvalue weighted by molar-refractivity contribution is 7.89. The van der Waals surface area contributed by atoms with E-state index in [0.29, 0.717) is 12.4 Å². The number of pyridine rings is 1. The first kappa shape index (κ1) is 14.5. The molecule has 0 spiro atoms. The molecule has 0 fully saturated rings. The largest absolute Gasteiger partial charge is 0.369 e. The number of nitrogens with zero attached hydrogens (tertiary/aromatic N) is 2. The van der Waals surface area contributed by atoms with Gasteiger partial charge in [-0.3, -0.25) is 5.10 Å². The Morgan fingerprint density at radius 3 is 2.85 bits per heavy atom. The maximum atomic E-state index is 12.3. The van der Waals surface area contributed by atoms with Crippen LogP contribution in [0, 0.1) is 6.92 Å². The summed E-state index contributed by atoms with van der Waals surface area (Å²) in [6.07, 6.45) is 3.16. The van der Waals surface area contributed by atoms with Crippen molar-refractivity contribution in [2.75, 3.05) is 11.9 Å². The van der Waals surface area contributed by atoms with Crippen LogP contribution in [0.5, 0.6) is 0 Å². The number of hydrogen-bond donors (Lipinski definition) is 3. The summed E-state index contributed by atoms with van der Waals surface area (Å²) in [4.78, 5) is 4.19. The van der Waals surface area contributed by atoms with Gasteiger partial charge in [-0.2, -0.15) is 5.10 Å². The number of sulfonamides is 1. The third kappa shape index (κ3) is 3.14. The fourth-order valence-corrected chi connectivity index (χ4v) is 2.85. The van der Waals surface area contributed by atoms with E-state index >= 15 is 0 Å². The number of hydrogen-bond acceptors (Lipinski definition) is 5. The SMILES string of the molecule is CCNc1ncccc1S(=O)(=O)NCc1cn[nH]c1C. The fourth-order valence-electron chi connectivity index (χ4n) is 1.71. The molecule has 2 rings (SSSR count). The predicted octanol–water partition coefficient (Wildman–Crippen LogP) is 1.02. The van der Waals surface area contributed by atoms with E-state index in [2.05, 4.69) is 25.2 Å². The van der Waals surface area contributed by atoms with Gasteiger partial charge in [0.05, 0.1) is 6.20 Å². The third-order valence-electron chi connectivity index (χ3n) is 2.79. The van der Waals surface area contributed by atoms with Crippen molar-refractivity contribution in [2.24, 2.45) is 0 Å². The van der Waals surface area contributed by atoms with Crippen molar-refractivity contribution < 1.29 is 8.42 Å². The number of aryl methyl sites for hydroxylation is 1. The van der Waals surface area contributed by atoms with E-state index in [1.54, 1.807) is 18.5 Å². The molecule has 0 radical (unpaired) electrons. The smallest absolute Gasteiger partial charge is 0.244 e. The summed E-state index contributed by atoms with van der Waals surface area (Å²) in [6.45, 7) is 4.50. The first-order valence-corrected chi connectivity index (χ1v) is 7.70. The molecule has 2 aromatic rings. The number of H-pyrrole nitrogens is 1. The van der Waals surface area contributed by atoms with E-state index in [-0.39, 0.29) is 11.4 Å². The molecule has 108 valence electrons. The van der Waals surface area contributed by atoms with Crippen molar-refractivity contribution in [3.8, 4) is 0 Å². The highest BCUT2D eigenvalue weighted by Crippen LogP contribution is 2.18. The van der Waals surface area contributed by atoms with Crippen LogP contribution < -0.4 is 10.0 Å². The Hall–Kier alpha value is -1.93. The second-order valence-electron chi connectivity index (χ2n) is 4.23. The summed E-state index contributed by atoms with van der Waals surface area (Å²) in [5, 5.41) is 9.56. The van der Waals surface area contributed by atoms with Crippen LogP contribution in [-0.2, 0) is 16.6 Å². The van der Waals surface area contributed by atoms with Crippen LogP contribution in [-0.4, -0.2) is 30.1 Å². The molecule has 7 nitrogen and oxygen atoms in total. The van der Waals surface area contributed by atoms with Crippen LogP contribution >= 0.6 is 0 Å². The van der Waals surface area contributed by atoms with Gasteiger partial charge in [0, 0.05) is 30.5 Å². The van der Waals surface area contributed by atoms with Crippen molar-refractivity contribution in [1.29, 1.82) is 0 Å². The van der Waals surface area contributed by atoms with Gasteiger partial charge in [-0.15, -0.1) is 0 Å². The molecule has 0 atom stereocenters. The summed E-state index contributed by atoms with van der Waals surface area (Å²) >= 11 is 0. The molecule has 2 aromatic heterocycles. The summed E-state index contributed by atoms with van der Waals surface area (Å²) in [7, 11) is -3.62. The van der Waals surface area contributed by atoms with Crippen molar-refractivity contribution >= 4 is 15.8 Å². The van der Waals surface area contributed by atoms with E-state index in [1.165, 1.54) is 6.07 Å². The molecule has 0 unspecified atom stereocenters. The van der Waals surface area contributed by atoms with Gasteiger partial charge in [0.15, 0.2) is 0 Å². The minimum Gasteiger partial charge on any atom is -0.369 e. The van der Waals surface area contributed by atoms with Gasteiger partial charge in [0.1, 0.15) is 10.7 Å². The Morgan fingerprint density at radius 2 is 2.20 bits per heavy atom. The average Bonchev–Trinajstić information content (AvgIpc) is 2.83.